The molecule has 0 saturated heterocycles. The van der Waals surface area contributed by atoms with Crippen molar-refractivity contribution < 1.29 is 9.53 Å². The van der Waals surface area contributed by atoms with Crippen molar-refractivity contribution in [1.29, 1.82) is 0 Å². The van der Waals surface area contributed by atoms with E-state index in [0.29, 0.717) is 17.3 Å². The molecular weight excluding hydrogens is 306 g/mol. The standard InChI is InChI=1S/C16H14ClNO2S/c1-10-6-13-15(21-10)8-14(16(19)20-2)18(13)9-11-4-3-5-12(17)7-11/h3-8H,9H2,1-2H3. The lowest BCUT2D eigenvalue weighted by molar-refractivity contribution is 0.0589. The smallest absolute Gasteiger partial charge is 0.354 e. The number of benzene rings is 1. The van der Waals surface area contributed by atoms with Gasteiger partial charge in [-0.25, -0.2) is 4.79 Å². The Morgan fingerprint density at radius 2 is 2.14 bits per heavy atom. The Hall–Kier alpha value is -1.78. The maximum atomic E-state index is 12.0. The minimum atomic E-state index is -0.321. The first-order chi connectivity index (χ1) is 10.1. The molecule has 3 aromatic rings. The van der Waals surface area contributed by atoms with Crippen LogP contribution < -0.4 is 0 Å². The number of thiophene rings is 1. The van der Waals surface area contributed by atoms with Crippen LogP contribution in [0, 0.1) is 6.92 Å². The molecule has 0 unspecified atom stereocenters. The Kier molecular flexibility index (Phi) is 3.74. The number of nitrogens with zero attached hydrogens (tertiary/aromatic N) is 1. The summed E-state index contributed by atoms with van der Waals surface area (Å²) in [6.07, 6.45) is 0. The summed E-state index contributed by atoms with van der Waals surface area (Å²) in [5.41, 5.74) is 2.67. The molecule has 0 radical (unpaired) electrons. The van der Waals surface area contributed by atoms with Gasteiger partial charge in [0.25, 0.3) is 0 Å². The number of rotatable bonds is 3. The molecule has 108 valence electrons. The number of hydrogen-bond donors (Lipinski definition) is 0. The predicted octanol–water partition coefficient (Wildman–Crippen LogP) is 4.50. The average Bonchev–Trinajstić information content (AvgIpc) is 2.96. The Bertz CT molecular complexity index is 819. The van der Waals surface area contributed by atoms with Crippen molar-refractivity contribution in [3.63, 3.8) is 0 Å². The van der Waals surface area contributed by atoms with Gasteiger partial charge in [-0.3, -0.25) is 0 Å². The molecule has 2 heterocycles. The van der Waals surface area contributed by atoms with Crippen LogP contribution in [0.25, 0.3) is 10.2 Å². The fourth-order valence-corrected chi connectivity index (χ4v) is 3.60. The molecule has 3 rings (SSSR count). The van der Waals surface area contributed by atoms with Crippen molar-refractivity contribution in [2.45, 2.75) is 13.5 Å². The molecule has 0 aliphatic carbocycles. The Labute approximate surface area is 131 Å². The number of ether oxygens (including phenoxy) is 1. The summed E-state index contributed by atoms with van der Waals surface area (Å²) < 4.78 is 7.96. The first-order valence-corrected chi connectivity index (χ1v) is 7.70. The molecule has 0 N–H and O–H groups in total. The Balaban J connectivity index is 2.11. The van der Waals surface area contributed by atoms with E-state index in [1.807, 2.05) is 34.9 Å². The fourth-order valence-electron chi connectivity index (χ4n) is 2.43. The van der Waals surface area contributed by atoms with E-state index in [1.165, 1.54) is 12.0 Å². The Morgan fingerprint density at radius 1 is 1.33 bits per heavy atom. The van der Waals surface area contributed by atoms with Gasteiger partial charge in [-0.1, -0.05) is 23.7 Å². The molecule has 0 amide bonds. The molecule has 5 heteroatoms. The fraction of sp³-hybridized carbons (Fsp3) is 0.188. The molecule has 0 spiro atoms. The summed E-state index contributed by atoms with van der Waals surface area (Å²) in [5.74, 6) is -0.321. The maximum Gasteiger partial charge on any atom is 0.354 e. The molecule has 21 heavy (non-hydrogen) atoms. The molecule has 0 aliphatic heterocycles. The maximum absolute atomic E-state index is 12.0. The van der Waals surface area contributed by atoms with Gasteiger partial charge < -0.3 is 9.30 Å². The van der Waals surface area contributed by atoms with Crippen LogP contribution in [0.15, 0.2) is 36.4 Å². The summed E-state index contributed by atoms with van der Waals surface area (Å²) >= 11 is 7.71. The second kappa shape index (κ2) is 5.54. The lowest BCUT2D eigenvalue weighted by Gasteiger charge is -2.09. The largest absolute Gasteiger partial charge is 0.464 e. The number of halogens is 1. The van der Waals surface area contributed by atoms with Gasteiger partial charge in [0.15, 0.2) is 0 Å². The second-order valence-corrected chi connectivity index (χ2v) is 6.57. The quantitative estimate of drug-likeness (QED) is 0.666. The summed E-state index contributed by atoms with van der Waals surface area (Å²) in [5, 5.41) is 0.692. The molecule has 2 aromatic heterocycles. The van der Waals surface area contributed by atoms with Crippen molar-refractivity contribution in [2.24, 2.45) is 0 Å². The van der Waals surface area contributed by atoms with Crippen molar-refractivity contribution in [3.8, 4) is 0 Å². The highest BCUT2D eigenvalue weighted by atomic mass is 35.5. The third-order valence-electron chi connectivity index (χ3n) is 3.34. The first kappa shape index (κ1) is 14.2. The third kappa shape index (κ3) is 2.69. The van der Waals surface area contributed by atoms with Gasteiger partial charge in [-0.15, -0.1) is 11.3 Å². The number of aromatic nitrogens is 1. The molecule has 0 atom stereocenters. The monoisotopic (exact) mass is 319 g/mol. The number of aryl methyl sites for hydroxylation is 1. The van der Waals surface area contributed by atoms with Crippen molar-refractivity contribution >= 4 is 39.1 Å². The summed E-state index contributed by atoms with van der Waals surface area (Å²) in [7, 11) is 1.40. The Morgan fingerprint density at radius 3 is 2.86 bits per heavy atom. The van der Waals surface area contributed by atoms with Crippen LogP contribution in [-0.4, -0.2) is 17.6 Å². The van der Waals surface area contributed by atoms with E-state index < -0.39 is 0 Å². The van der Waals surface area contributed by atoms with Gasteiger partial charge in [0.05, 0.1) is 17.3 Å². The number of carbonyl (C=O) groups excluding carboxylic acids is 1. The predicted molar refractivity (Wildman–Crippen MR) is 86.4 cm³/mol. The number of fused-ring (bicyclic) bond motifs is 1. The van der Waals surface area contributed by atoms with E-state index in [0.717, 1.165) is 15.8 Å². The van der Waals surface area contributed by atoms with E-state index in [-0.39, 0.29) is 5.97 Å². The van der Waals surface area contributed by atoms with Gasteiger partial charge in [0, 0.05) is 16.4 Å². The van der Waals surface area contributed by atoms with E-state index in [1.54, 1.807) is 11.3 Å². The summed E-state index contributed by atoms with van der Waals surface area (Å²) in [6, 6.07) is 11.6. The molecule has 0 fully saturated rings. The van der Waals surface area contributed by atoms with Crippen LogP contribution in [0.4, 0.5) is 0 Å². The number of methoxy groups -OCH3 is 1. The first-order valence-electron chi connectivity index (χ1n) is 6.51. The lowest BCUT2D eigenvalue weighted by Crippen LogP contribution is -2.11. The van der Waals surface area contributed by atoms with Gasteiger partial charge in [0.2, 0.25) is 0 Å². The van der Waals surface area contributed by atoms with Crippen molar-refractivity contribution in [2.75, 3.05) is 7.11 Å². The third-order valence-corrected chi connectivity index (χ3v) is 4.56. The highest BCUT2D eigenvalue weighted by Gasteiger charge is 2.17. The number of esters is 1. The second-order valence-electron chi connectivity index (χ2n) is 4.84. The lowest BCUT2D eigenvalue weighted by atomic mass is 10.2. The molecular formula is C16H14ClNO2S. The number of hydrogen-bond acceptors (Lipinski definition) is 3. The van der Waals surface area contributed by atoms with Gasteiger partial charge in [-0.05, 0) is 36.8 Å². The minimum Gasteiger partial charge on any atom is -0.464 e. The summed E-state index contributed by atoms with van der Waals surface area (Å²) in [6.45, 7) is 2.65. The van der Waals surface area contributed by atoms with Crippen LogP contribution in [0.1, 0.15) is 20.9 Å². The van der Waals surface area contributed by atoms with Crippen molar-refractivity contribution in [1.82, 2.24) is 4.57 Å². The van der Waals surface area contributed by atoms with Crippen molar-refractivity contribution in [3.05, 3.63) is 57.6 Å². The zero-order valence-electron chi connectivity index (χ0n) is 11.7. The van der Waals surface area contributed by atoms with Gasteiger partial charge in [0.1, 0.15) is 5.69 Å². The highest BCUT2D eigenvalue weighted by Crippen LogP contribution is 2.30. The van der Waals surface area contributed by atoms with E-state index >= 15 is 0 Å². The van der Waals surface area contributed by atoms with Gasteiger partial charge in [-0.2, -0.15) is 0 Å². The molecule has 1 aromatic carbocycles. The molecule has 0 saturated carbocycles. The van der Waals surface area contributed by atoms with Crippen LogP contribution >= 0.6 is 22.9 Å². The van der Waals surface area contributed by atoms with Crippen LogP contribution in [0.3, 0.4) is 0 Å². The molecule has 3 nitrogen and oxygen atoms in total. The zero-order valence-corrected chi connectivity index (χ0v) is 13.3. The van der Waals surface area contributed by atoms with E-state index in [4.69, 9.17) is 16.3 Å². The van der Waals surface area contributed by atoms with Crippen LogP contribution in [0.2, 0.25) is 5.02 Å². The van der Waals surface area contributed by atoms with E-state index in [9.17, 15) is 4.79 Å². The normalized spacial score (nSPS) is 11.0. The highest BCUT2D eigenvalue weighted by molar-refractivity contribution is 7.19. The topological polar surface area (TPSA) is 31.2 Å². The van der Waals surface area contributed by atoms with Gasteiger partial charge >= 0.3 is 5.97 Å². The molecule has 0 aliphatic rings. The minimum absolute atomic E-state index is 0.321. The van der Waals surface area contributed by atoms with E-state index in [2.05, 4.69) is 13.0 Å². The van der Waals surface area contributed by atoms with Crippen LogP contribution in [0.5, 0.6) is 0 Å². The zero-order chi connectivity index (χ0) is 15.0. The average molecular weight is 320 g/mol. The summed E-state index contributed by atoms with van der Waals surface area (Å²) in [4.78, 5) is 13.2. The molecule has 0 bridgehead atoms. The number of carbonyl (C=O) groups is 1. The van der Waals surface area contributed by atoms with Crippen LogP contribution in [-0.2, 0) is 11.3 Å². The SMILES string of the molecule is COC(=O)c1cc2sc(C)cc2n1Cc1cccc(Cl)c1.